The first-order valence-electron chi connectivity index (χ1n) is 8.04. The number of benzene rings is 1. The molecule has 3 N–H and O–H groups in total. The molecule has 1 aromatic carbocycles. The van der Waals surface area contributed by atoms with E-state index in [0.717, 1.165) is 5.56 Å². The Bertz CT molecular complexity index is 675. The Hall–Kier alpha value is -1.47. The largest absolute Gasteiger partial charge is 0.396 e. The van der Waals surface area contributed by atoms with Crippen molar-refractivity contribution in [1.82, 2.24) is 14.8 Å². The van der Waals surface area contributed by atoms with Gasteiger partial charge in [0.2, 0.25) is 0 Å². The molecule has 24 heavy (non-hydrogen) atoms. The topological polar surface area (TPSA) is 91.4 Å². The monoisotopic (exact) mass is 351 g/mol. The fourth-order valence-corrected chi connectivity index (χ4v) is 4.11. The van der Waals surface area contributed by atoms with E-state index in [1.807, 2.05) is 24.3 Å². The minimum absolute atomic E-state index is 0.125. The molecule has 0 amide bonds. The predicted octanol–water partition coefficient (Wildman–Crippen LogP) is 1.29. The van der Waals surface area contributed by atoms with Crippen LogP contribution in [0.1, 0.15) is 18.4 Å². The minimum Gasteiger partial charge on any atom is -0.396 e. The molecule has 1 saturated carbocycles. The molecule has 0 saturated heterocycles. The van der Waals surface area contributed by atoms with E-state index in [4.69, 9.17) is 11.6 Å². The molecular weight excluding hydrogens is 330 g/mol. The Morgan fingerprint density at radius 2 is 2.08 bits per heavy atom. The highest BCUT2D eigenvalue weighted by molar-refractivity contribution is 6.30. The Labute approximate surface area is 145 Å². The van der Waals surface area contributed by atoms with Crippen molar-refractivity contribution in [3.05, 3.63) is 47.5 Å². The first-order valence-corrected chi connectivity index (χ1v) is 8.42. The van der Waals surface area contributed by atoms with E-state index >= 15 is 0 Å². The van der Waals surface area contributed by atoms with Crippen molar-refractivity contribution in [3.8, 4) is 0 Å². The lowest BCUT2D eigenvalue weighted by Crippen LogP contribution is -2.55. The van der Waals surface area contributed by atoms with Crippen molar-refractivity contribution in [2.45, 2.75) is 31.4 Å². The molecule has 2 aromatic rings. The average Bonchev–Trinajstić information content (AvgIpc) is 3.16. The molecule has 1 heterocycles. The summed E-state index contributed by atoms with van der Waals surface area (Å²) in [5, 5.41) is 36.1. The molecule has 0 spiro atoms. The Morgan fingerprint density at radius 3 is 2.71 bits per heavy atom. The second-order valence-corrected chi connectivity index (χ2v) is 7.12. The van der Waals surface area contributed by atoms with Gasteiger partial charge in [-0.1, -0.05) is 23.7 Å². The van der Waals surface area contributed by atoms with E-state index in [1.165, 1.54) is 12.7 Å². The number of aromatic nitrogens is 3. The van der Waals surface area contributed by atoms with Gasteiger partial charge in [-0.2, -0.15) is 5.10 Å². The lowest BCUT2D eigenvalue weighted by molar-refractivity contribution is -0.143. The lowest BCUT2D eigenvalue weighted by Gasteiger charge is -2.43. The van der Waals surface area contributed by atoms with Crippen molar-refractivity contribution in [3.63, 3.8) is 0 Å². The van der Waals surface area contributed by atoms with Crippen molar-refractivity contribution in [1.29, 1.82) is 0 Å². The highest BCUT2D eigenvalue weighted by Crippen LogP contribution is 2.51. The zero-order valence-corrected chi connectivity index (χ0v) is 14.1. The van der Waals surface area contributed by atoms with Crippen LogP contribution in [0.2, 0.25) is 5.02 Å². The fourth-order valence-electron chi connectivity index (χ4n) is 3.90. The maximum Gasteiger partial charge on any atom is 0.137 e. The molecule has 0 bridgehead atoms. The van der Waals surface area contributed by atoms with E-state index in [1.54, 1.807) is 4.68 Å². The third-order valence-electron chi connectivity index (χ3n) is 5.41. The van der Waals surface area contributed by atoms with E-state index in [9.17, 15) is 15.3 Å². The van der Waals surface area contributed by atoms with Crippen molar-refractivity contribution < 1.29 is 15.3 Å². The van der Waals surface area contributed by atoms with Crippen LogP contribution in [0.3, 0.4) is 0 Å². The van der Waals surface area contributed by atoms with Gasteiger partial charge in [-0.05, 0) is 42.9 Å². The zero-order valence-electron chi connectivity index (χ0n) is 13.3. The van der Waals surface area contributed by atoms with Gasteiger partial charge >= 0.3 is 0 Å². The van der Waals surface area contributed by atoms with Gasteiger partial charge in [0.15, 0.2) is 0 Å². The van der Waals surface area contributed by atoms with Gasteiger partial charge in [-0.25, -0.2) is 4.98 Å². The number of hydrogen-bond donors (Lipinski definition) is 3. The van der Waals surface area contributed by atoms with Crippen LogP contribution < -0.4 is 0 Å². The smallest absolute Gasteiger partial charge is 0.137 e. The van der Waals surface area contributed by atoms with Gasteiger partial charge in [0.25, 0.3) is 0 Å². The van der Waals surface area contributed by atoms with Crippen LogP contribution in [-0.2, 0) is 13.0 Å². The molecule has 3 rings (SSSR count). The normalized spacial score (nSPS) is 25.9. The molecule has 0 aliphatic heterocycles. The second-order valence-electron chi connectivity index (χ2n) is 6.68. The number of aliphatic hydroxyl groups is 3. The first kappa shape index (κ1) is 17.4. The van der Waals surface area contributed by atoms with Crippen LogP contribution in [-0.4, -0.2) is 48.9 Å². The van der Waals surface area contributed by atoms with Crippen LogP contribution in [0.5, 0.6) is 0 Å². The summed E-state index contributed by atoms with van der Waals surface area (Å²) < 4.78 is 1.55. The van der Waals surface area contributed by atoms with E-state index in [-0.39, 0.29) is 25.7 Å². The van der Waals surface area contributed by atoms with Crippen LogP contribution in [0.4, 0.5) is 0 Å². The third kappa shape index (κ3) is 2.95. The maximum atomic E-state index is 11.5. The summed E-state index contributed by atoms with van der Waals surface area (Å²) in [5.74, 6) is -0.125. The molecular formula is C17H22ClN3O3. The lowest BCUT2D eigenvalue weighted by atomic mass is 9.71. The fraction of sp³-hybridized carbons (Fsp3) is 0.529. The average molecular weight is 352 g/mol. The Balaban J connectivity index is 1.92. The highest BCUT2D eigenvalue weighted by Gasteiger charge is 2.59. The number of rotatable bonds is 6. The second kappa shape index (κ2) is 6.80. The minimum atomic E-state index is -1.29. The summed E-state index contributed by atoms with van der Waals surface area (Å²) in [4.78, 5) is 3.91. The molecule has 1 aliphatic rings. The van der Waals surface area contributed by atoms with Gasteiger partial charge in [0.05, 0.1) is 25.4 Å². The number of hydrogen-bond acceptors (Lipinski definition) is 5. The summed E-state index contributed by atoms with van der Waals surface area (Å²) in [6.07, 6.45) is 4.82. The van der Waals surface area contributed by atoms with Gasteiger partial charge in [-0.3, -0.25) is 4.68 Å². The maximum absolute atomic E-state index is 11.5. The van der Waals surface area contributed by atoms with Crippen LogP contribution in [0, 0.1) is 11.3 Å². The van der Waals surface area contributed by atoms with E-state index < -0.39 is 11.0 Å². The molecule has 7 heteroatoms. The molecule has 1 fully saturated rings. The summed E-state index contributed by atoms with van der Waals surface area (Å²) in [7, 11) is 0. The molecule has 0 radical (unpaired) electrons. The van der Waals surface area contributed by atoms with Gasteiger partial charge in [0, 0.05) is 10.4 Å². The zero-order chi connectivity index (χ0) is 17.2. The molecule has 2 atom stereocenters. The predicted molar refractivity (Wildman–Crippen MR) is 89.5 cm³/mol. The molecule has 6 nitrogen and oxygen atoms in total. The van der Waals surface area contributed by atoms with Crippen LogP contribution >= 0.6 is 11.6 Å². The highest BCUT2D eigenvalue weighted by atomic mass is 35.5. The molecule has 1 aromatic heterocycles. The summed E-state index contributed by atoms with van der Waals surface area (Å²) >= 11 is 6.06. The number of aliphatic hydroxyl groups excluding tert-OH is 2. The molecule has 2 unspecified atom stereocenters. The summed E-state index contributed by atoms with van der Waals surface area (Å²) in [6, 6.07) is 7.55. The van der Waals surface area contributed by atoms with Gasteiger partial charge in [-0.15, -0.1) is 0 Å². The van der Waals surface area contributed by atoms with Crippen LogP contribution in [0.25, 0.3) is 0 Å². The Kier molecular flexibility index (Phi) is 4.92. The van der Waals surface area contributed by atoms with Gasteiger partial charge < -0.3 is 15.3 Å². The molecule has 1 aliphatic carbocycles. The Morgan fingerprint density at radius 1 is 1.29 bits per heavy atom. The van der Waals surface area contributed by atoms with E-state index in [0.29, 0.717) is 24.3 Å². The summed E-state index contributed by atoms with van der Waals surface area (Å²) in [5.41, 5.74) is -1.22. The third-order valence-corrected chi connectivity index (χ3v) is 5.65. The first-order chi connectivity index (χ1) is 11.5. The standard InChI is InChI=1S/C17H22ClN3O3/c18-15-3-1-2-13(7-15)6-14-4-5-16(9-22,10-23)17(14,24)8-21-12-19-11-20-21/h1-3,7,11-12,14,22-24H,4-6,8-10H2. The summed E-state index contributed by atoms with van der Waals surface area (Å²) in [6.45, 7) is -0.374. The van der Waals surface area contributed by atoms with Crippen molar-refractivity contribution in [2.24, 2.45) is 11.3 Å². The number of halogens is 1. The van der Waals surface area contributed by atoms with Gasteiger partial charge in [0.1, 0.15) is 12.7 Å². The van der Waals surface area contributed by atoms with Crippen molar-refractivity contribution in [2.75, 3.05) is 13.2 Å². The molecule has 130 valence electrons. The number of nitrogens with zero attached hydrogens (tertiary/aromatic N) is 3. The SMILES string of the molecule is OCC1(CO)CCC(Cc2cccc(Cl)c2)C1(O)Cn1cncn1. The van der Waals surface area contributed by atoms with Crippen molar-refractivity contribution >= 4 is 11.6 Å². The quantitative estimate of drug-likeness (QED) is 0.729. The van der Waals surface area contributed by atoms with E-state index in [2.05, 4.69) is 10.1 Å². The van der Waals surface area contributed by atoms with Crippen LogP contribution in [0.15, 0.2) is 36.9 Å².